The second-order valence-corrected chi connectivity index (χ2v) is 6.92. The number of likely N-dealkylation sites (tertiary alicyclic amines) is 1. The van der Waals surface area contributed by atoms with E-state index in [1.165, 1.54) is 6.42 Å². The van der Waals surface area contributed by atoms with Gasteiger partial charge in [-0.25, -0.2) is 4.98 Å². The lowest BCUT2D eigenvalue weighted by atomic mass is 9.98. The number of thiazole rings is 1. The highest BCUT2D eigenvalue weighted by Crippen LogP contribution is 2.37. The topological polar surface area (TPSA) is 59.2 Å². The van der Waals surface area contributed by atoms with Gasteiger partial charge in [-0.1, -0.05) is 0 Å². The van der Waals surface area contributed by atoms with Crippen molar-refractivity contribution in [1.29, 1.82) is 0 Å². The number of amides is 1. The summed E-state index contributed by atoms with van der Waals surface area (Å²) in [5, 5.41) is 0.965. The summed E-state index contributed by atoms with van der Waals surface area (Å²) in [5.41, 5.74) is 6.75. The zero-order valence-electron chi connectivity index (χ0n) is 11.3. The molecular formula is C13H20ClN3OS. The second-order valence-electron chi connectivity index (χ2n) is 5.51. The Hall–Kier alpha value is -0.650. The van der Waals surface area contributed by atoms with Gasteiger partial charge in [-0.05, 0) is 38.5 Å². The average molecular weight is 302 g/mol. The lowest BCUT2D eigenvalue weighted by molar-refractivity contribution is 0.0773. The minimum atomic E-state index is 0. The summed E-state index contributed by atoms with van der Waals surface area (Å²) in [6.07, 6.45) is 2.29. The first-order chi connectivity index (χ1) is 8.56. The van der Waals surface area contributed by atoms with Gasteiger partial charge in [-0.15, -0.1) is 23.7 Å². The number of halogens is 1. The van der Waals surface area contributed by atoms with Crippen molar-refractivity contribution >= 4 is 29.7 Å². The molecule has 2 fully saturated rings. The number of carbonyl (C=O) groups is 1. The molecule has 106 valence electrons. The number of nitrogens with two attached hydrogens (primary N) is 1. The Labute approximate surface area is 123 Å². The van der Waals surface area contributed by atoms with Crippen LogP contribution in [0.5, 0.6) is 0 Å². The van der Waals surface area contributed by atoms with E-state index in [9.17, 15) is 4.79 Å². The maximum atomic E-state index is 12.4. The lowest BCUT2D eigenvalue weighted by Crippen LogP contribution is -2.33. The van der Waals surface area contributed by atoms with Crippen LogP contribution in [0.15, 0.2) is 0 Å². The lowest BCUT2D eigenvalue weighted by Gasteiger charge is -2.18. The minimum absolute atomic E-state index is 0. The van der Waals surface area contributed by atoms with Crippen LogP contribution in [-0.2, 0) is 0 Å². The van der Waals surface area contributed by atoms with Crippen molar-refractivity contribution in [2.24, 2.45) is 17.6 Å². The van der Waals surface area contributed by atoms with E-state index < -0.39 is 0 Å². The van der Waals surface area contributed by atoms with Gasteiger partial charge < -0.3 is 10.6 Å². The van der Waals surface area contributed by atoms with Gasteiger partial charge in [-0.2, -0.15) is 0 Å². The van der Waals surface area contributed by atoms with E-state index in [0.717, 1.165) is 29.4 Å². The van der Waals surface area contributed by atoms with Crippen molar-refractivity contribution in [3.8, 4) is 0 Å². The molecule has 1 aromatic heterocycles. The van der Waals surface area contributed by atoms with Gasteiger partial charge in [0.1, 0.15) is 5.69 Å². The highest BCUT2D eigenvalue weighted by Gasteiger charge is 2.43. The van der Waals surface area contributed by atoms with Gasteiger partial charge >= 0.3 is 0 Å². The molecule has 1 saturated heterocycles. The number of rotatable bonds is 1. The van der Waals surface area contributed by atoms with Crippen LogP contribution in [0, 0.1) is 25.7 Å². The second kappa shape index (κ2) is 5.38. The number of hydrogen-bond donors (Lipinski definition) is 1. The molecule has 4 nitrogen and oxygen atoms in total. The molecular weight excluding hydrogens is 282 g/mol. The normalized spacial score (nSPS) is 29.2. The van der Waals surface area contributed by atoms with E-state index in [4.69, 9.17) is 5.73 Å². The van der Waals surface area contributed by atoms with Gasteiger partial charge in [0.15, 0.2) is 0 Å². The monoisotopic (exact) mass is 301 g/mol. The third-order valence-electron chi connectivity index (χ3n) is 4.31. The Morgan fingerprint density at radius 1 is 1.37 bits per heavy atom. The molecule has 3 atom stereocenters. The number of nitrogens with zero attached hydrogens (tertiary/aromatic N) is 2. The fourth-order valence-corrected chi connectivity index (χ4v) is 4.16. The molecule has 1 aliphatic carbocycles. The van der Waals surface area contributed by atoms with Crippen molar-refractivity contribution in [2.45, 2.75) is 32.7 Å². The van der Waals surface area contributed by atoms with E-state index in [-0.39, 0.29) is 24.4 Å². The Kier molecular flexibility index (Phi) is 4.18. The van der Waals surface area contributed by atoms with E-state index in [0.29, 0.717) is 17.5 Å². The van der Waals surface area contributed by atoms with Crippen LogP contribution < -0.4 is 5.73 Å². The van der Waals surface area contributed by atoms with Crippen LogP contribution in [0.3, 0.4) is 0 Å². The quantitative estimate of drug-likeness (QED) is 0.863. The number of aromatic nitrogens is 1. The van der Waals surface area contributed by atoms with Gasteiger partial charge in [-0.3, -0.25) is 4.79 Å². The van der Waals surface area contributed by atoms with Crippen molar-refractivity contribution < 1.29 is 4.79 Å². The zero-order chi connectivity index (χ0) is 12.9. The van der Waals surface area contributed by atoms with Gasteiger partial charge in [0, 0.05) is 24.0 Å². The molecule has 1 aromatic rings. The molecule has 6 heteroatoms. The fourth-order valence-electron chi connectivity index (χ4n) is 3.35. The summed E-state index contributed by atoms with van der Waals surface area (Å²) < 4.78 is 0. The zero-order valence-corrected chi connectivity index (χ0v) is 12.9. The third kappa shape index (κ3) is 2.51. The average Bonchev–Trinajstić information content (AvgIpc) is 2.96. The Morgan fingerprint density at radius 2 is 2.11 bits per heavy atom. The predicted molar refractivity (Wildman–Crippen MR) is 78.9 cm³/mol. The van der Waals surface area contributed by atoms with Crippen LogP contribution in [0.2, 0.25) is 0 Å². The molecule has 0 radical (unpaired) electrons. The number of carbonyl (C=O) groups excluding carboxylic acids is 1. The van der Waals surface area contributed by atoms with E-state index in [2.05, 4.69) is 4.98 Å². The molecule has 3 rings (SSSR count). The summed E-state index contributed by atoms with van der Waals surface area (Å²) in [6, 6.07) is 0.283. The largest absolute Gasteiger partial charge is 0.337 e. The summed E-state index contributed by atoms with van der Waals surface area (Å²) in [4.78, 5) is 19.8. The first-order valence-electron chi connectivity index (χ1n) is 6.55. The Balaban J connectivity index is 0.00000133. The van der Waals surface area contributed by atoms with Gasteiger partial charge in [0.05, 0.1) is 5.01 Å². The number of hydrogen-bond acceptors (Lipinski definition) is 4. The molecule has 0 aromatic carbocycles. The number of aryl methyl sites for hydroxylation is 2. The Morgan fingerprint density at radius 3 is 2.68 bits per heavy atom. The summed E-state index contributed by atoms with van der Waals surface area (Å²) in [5.74, 6) is 1.22. The minimum Gasteiger partial charge on any atom is -0.337 e. The molecule has 0 bridgehead atoms. The van der Waals surface area contributed by atoms with Gasteiger partial charge in [0.25, 0.3) is 5.91 Å². The van der Waals surface area contributed by atoms with Gasteiger partial charge in [0.2, 0.25) is 0 Å². The molecule has 2 N–H and O–H groups in total. The van der Waals surface area contributed by atoms with Crippen LogP contribution in [0.4, 0.5) is 0 Å². The molecule has 0 spiro atoms. The maximum absolute atomic E-state index is 12.4. The summed E-state index contributed by atoms with van der Waals surface area (Å²) in [6.45, 7) is 5.61. The maximum Gasteiger partial charge on any atom is 0.273 e. The van der Waals surface area contributed by atoms with Crippen LogP contribution in [0.25, 0.3) is 0 Å². The van der Waals surface area contributed by atoms with E-state index in [1.807, 2.05) is 18.7 Å². The first-order valence-corrected chi connectivity index (χ1v) is 7.37. The van der Waals surface area contributed by atoms with Crippen molar-refractivity contribution in [1.82, 2.24) is 9.88 Å². The Bertz CT molecular complexity index is 490. The van der Waals surface area contributed by atoms with E-state index >= 15 is 0 Å². The SMILES string of the molecule is Cc1nc(C(=O)N2CC3CCC(N)C3C2)c(C)s1.Cl. The fraction of sp³-hybridized carbons (Fsp3) is 0.692. The molecule has 19 heavy (non-hydrogen) atoms. The van der Waals surface area contributed by atoms with Crippen molar-refractivity contribution in [3.05, 3.63) is 15.6 Å². The smallest absolute Gasteiger partial charge is 0.273 e. The molecule has 2 aliphatic rings. The molecule has 1 amide bonds. The molecule has 1 saturated carbocycles. The van der Waals surface area contributed by atoms with Crippen LogP contribution in [0.1, 0.15) is 33.2 Å². The van der Waals surface area contributed by atoms with E-state index in [1.54, 1.807) is 11.3 Å². The van der Waals surface area contributed by atoms with Crippen molar-refractivity contribution in [2.75, 3.05) is 13.1 Å². The molecule has 3 unspecified atom stereocenters. The summed E-state index contributed by atoms with van der Waals surface area (Å²) in [7, 11) is 0. The standard InChI is InChI=1S/C13H19N3OS.ClH/c1-7-12(15-8(2)18-7)13(17)16-5-9-3-4-11(14)10(9)6-16;/h9-11H,3-6,14H2,1-2H3;1H. The molecule has 1 aliphatic heterocycles. The van der Waals surface area contributed by atoms with Crippen LogP contribution in [-0.4, -0.2) is 34.9 Å². The van der Waals surface area contributed by atoms with Crippen molar-refractivity contribution in [3.63, 3.8) is 0 Å². The predicted octanol–water partition coefficient (Wildman–Crippen LogP) is 1.99. The highest BCUT2D eigenvalue weighted by molar-refractivity contribution is 7.11. The molecule has 2 heterocycles. The first kappa shape index (κ1) is 14.8. The summed E-state index contributed by atoms with van der Waals surface area (Å²) >= 11 is 1.59. The number of fused-ring (bicyclic) bond motifs is 1. The van der Waals surface area contributed by atoms with Crippen LogP contribution >= 0.6 is 23.7 Å². The third-order valence-corrected chi connectivity index (χ3v) is 5.19. The highest BCUT2D eigenvalue weighted by atomic mass is 35.5.